The largest absolute Gasteiger partial charge is 0.486 e. The second-order valence-electron chi connectivity index (χ2n) is 4.26. The van der Waals surface area contributed by atoms with Crippen molar-refractivity contribution in [2.45, 2.75) is 12.8 Å². The molecule has 1 aliphatic rings. The van der Waals surface area contributed by atoms with Gasteiger partial charge in [0.05, 0.1) is 6.42 Å². The molecule has 2 heterocycles. The normalized spacial score (nSPS) is 13.2. The quantitative estimate of drug-likeness (QED) is 0.904. The van der Waals surface area contributed by atoms with E-state index in [0.29, 0.717) is 36.4 Å². The number of aryl methyl sites for hydroxylation is 1. The lowest BCUT2D eigenvalue weighted by molar-refractivity contribution is -0.137. The van der Waals surface area contributed by atoms with Crippen LogP contribution in [0.25, 0.3) is 11.4 Å². The number of hydrogen-bond donors (Lipinski definition) is 1. The minimum Gasteiger partial charge on any atom is -0.486 e. The van der Waals surface area contributed by atoms with Gasteiger partial charge in [-0.3, -0.25) is 4.79 Å². The molecule has 2 aromatic rings. The molecular formula is C13H12N2O5. The van der Waals surface area contributed by atoms with E-state index >= 15 is 0 Å². The highest BCUT2D eigenvalue weighted by molar-refractivity contribution is 5.67. The van der Waals surface area contributed by atoms with E-state index in [9.17, 15) is 4.79 Å². The van der Waals surface area contributed by atoms with Crippen LogP contribution >= 0.6 is 0 Å². The molecule has 104 valence electrons. The van der Waals surface area contributed by atoms with E-state index in [4.69, 9.17) is 19.1 Å². The van der Waals surface area contributed by atoms with Crippen molar-refractivity contribution < 1.29 is 23.9 Å². The van der Waals surface area contributed by atoms with E-state index in [1.165, 1.54) is 0 Å². The average Bonchev–Trinajstić information content (AvgIpc) is 2.93. The highest BCUT2D eigenvalue weighted by Gasteiger charge is 2.15. The molecule has 0 atom stereocenters. The van der Waals surface area contributed by atoms with Crippen molar-refractivity contribution in [3.05, 3.63) is 24.1 Å². The van der Waals surface area contributed by atoms with Crippen LogP contribution in [-0.4, -0.2) is 34.4 Å². The predicted octanol–water partition coefficient (Wildman–Crippen LogP) is 1.52. The summed E-state index contributed by atoms with van der Waals surface area (Å²) in [6.07, 6.45) is 0.176. The summed E-state index contributed by atoms with van der Waals surface area (Å²) in [5.41, 5.74) is 0.736. The average molecular weight is 276 g/mol. The lowest BCUT2D eigenvalue weighted by atomic mass is 10.2. The molecule has 0 spiro atoms. The molecule has 0 bridgehead atoms. The molecule has 0 radical (unpaired) electrons. The SMILES string of the molecule is O=C(O)CCc1nc(-c2ccc3c(c2)OCCO3)no1. The first kappa shape index (κ1) is 12.5. The van der Waals surface area contributed by atoms with E-state index < -0.39 is 5.97 Å². The summed E-state index contributed by atoms with van der Waals surface area (Å²) in [4.78, 5) is 14.7. The molecular weight excluding hydrogens is 264 g/mol. The van der Waals surface area contributed by atoms with Gasteiger partial charge >= 0.3 is 5.97 Å². The number of carboxylic acid groups (broad SMARTS) is 1. The third-order valence-electron chi connectivity index (χ3n) is 2.82. The smallest absolute Gasteiger partial charge is 0.303 e. The van der Waals surface area contributed by atoms with Crippen molar-refractivity contribution in [1.82, 2.24) is 10.1 Å². The molecule has 0 saturated carbocycles. The van der Waals surface area contributed by atoms with Gasteiger partial charge in [0.25, 0.3) is 0 Å². The summed E-state index contributed by atoms with van der Waals surface area (Å²) in [7, 11) is 0. The Morgan fingerprint density at radius 3 is 2.85 bits per heavy atom. The van der Waals surface area contributed by atoms with Gasteiger partial charge in [0.1, 0.15) is 13.2 Å². The van der Waals surface area contributed by atoms with E-state index in [1.54, 1.807) is 18.2 Å². The molecule has 3 rings (SSSR count). The molecule has 0 unspecified atom stereocenters. The van der Waals surface area contributed by atoms with Gasteiger partial charge in [-0.15, -0.1) is 0 Å². The number of hydrogen-bond acceptors (Lipinski definition) is 6. The zero-order valence-electron chi connectivity index (χ0n) is 10.5. The van der Waals surface area contributed by atoms with Gasteiger partial charge in [-0.05, 0) is 18.2 Å². The highest BCUT2D eigenvalue weighted by atomic mass is 16.6. The minimum absolute atomic E-state index is 0.0389. The first-order valence-corrected chi connectivity index (χ1v) is 6.17. The van der Waals surface area contributed by atoms with E-state index in [1.807, 2.05) is 0 Å². The number of aromatic nitrogens is 2. The van der Waals surface area contributed by atoms with Crippen LogP contribution in [0, 0.1) is 0 Å². The van der Waals surface area contributed by atoms with E-state index in [-0.39, 0.29) is 12.8 Å². The number of aliphatic carboxylic acids is 1. The van der Waals surface area contributed by atoms with Crippen molar-refractivity contribution in [3.63, 3.8) is 0 Å². The van der Waals surface area contributed by atoms with Gasteiger partial charge in [-0.25, -0.2) is 0 Å². The maximum Gasteiger partial charge on any atom is 0.303 e. The van der Waals surface area contributed by atoms with E-state index in [0.717, 1.165) is 5.56 Å². The highest BCUT2D eigenvalue weighted by Crippen LogP contribution is 2.33. The molecule has 1 aliphatic heterocycles. The molecule has 7 nitrogen and oxygen atoms in total. The zero-order valence-corrected chi connectivity index (χ0v) is 10.5. The summed E-state index contributed by atoms with van der Waals surface area (Å²) in [5, 5.41) is 12.4. The number of nitrogens with zero attached hydrogens (tertiary/aromatic N) is 2. The molecule has 7 heteroatoms. The van der Waals surface area contributed by atoms with Crippen LogP contribution in [0.5, 0.6) is 11.5 Å². The van der Waals surface area contributed by atoms with Crippen LogP contribution in [0.15, 0.2) is 22.7 Å². The third kappa shape index (κ3) is 2.56. The van der Waals surface area contributed by atoms with Gasteiger partial charge < -0.3 is 19.1 Å². The van der Waals surface area contributed by atoms with Crippen LogP contribution in [0.4, 0.5) is 0 Å². The third-order valence-corrected chi connectivity index (χ3v) is 2.82. The Bertz CT molecular complexity index is 637. The van der Waals surface area contributed by atoms with Crippen LogP contribution in [0.1, 0.15) is 12.3 Å². The maximum atomic E-state index is 10.5. The number of rotatable bonds is 4. The Morgan fingerprint density at radius 2 is 2.05 bits per heavy atom. The maximum absolute atomic E-state index is 10.5. The van der Waals surface area contributed by atoms with Crippen molar-refractivity contribution in [2.75, 3.05) is 13.2 Å². The lowest BCUT2D eigenvalue weighted by Crippen LogP contribution is -2.15. The second kappa shape index (κ2) is 5.20. The monoisotopic (exact) mass is 276 g/mol. The zero-order chi connectivity index (χ0) is 13.9. The molecule has 0 aliphatic carbocycles. The predicted molar refractivity (Wildman–Crippen MR) is 66.7 cm³/mol. The van der Waals surface area contributed by atoms with Crippen molar-refractivity contribution in [2.24, 2.45) is 0 Å². The summed E-state index contributed by atoms with van der Waals surface area (Å²) in [6, 6.07) is 5.37. The first-order chi connectivity index (χ1) is 9.72. The number of carboxylic acids is 1. The van der Waals surface area contributed by atoms with Crippen LogP contribution in [0.3, 0.4) is 0 Å². The Hall–Kier alpha value is -2.57. The molecule has 20 heavy (non-hydrogen) atoms. The number of ether oxygens (including phenoxy) is 2. The summed E-state index contributed by atoms with van der Waals surface area (Å²) in [5.74, 6) is 1.14. The van der Waals surface area contributed by atoms with Crippen LogP contribution in [0.2, 0.25) is 0 Å². The molecule has 0 fully saturated rings. The van der Waals surface area contributed by atoms with Crippen LogP contribution < -0.4 is 9.47 Å². The van der Waals surface area contributed by atoms with Crippen molar-refractivity contribution in [3.8, 4) is 22.9 Å². The standard InChI is InChI=1S/C13H12N2O5/c16-12(17)4-3-11-14-13(15-20-11)8-1-2-9-10(7-8)19-6-5-18-9/h1-2,7H,3-6H2,(H,16,17). The molecule has 1 aromatic heterocycles. The number of benzene rings is 1. The minimum atomic E-state index is -0.899. The Balaban J connectivity index is 1.80. The van der Waals surface area contributed by atoms with Gasteiger partial charge in [0.15, 0.2) is 11.5 Å². The lowest BCUT2D eigenvalue weighted by Gasteiger charge is -2.18. The number of fused-ring (bicyclic) bond motifs is 1. The first-order valence-electron chi connectivity index (χ1n) is 6.17. The Kier molecular flexibility index (Phi) is 3.24. The molecule has 0 amide bonds. The molecule has 0 saturated heterocycles. The fourth-order valence-corrected chi connectivity index (χ4v) is 1.87. The van der Waals surface area contributed by atoms with Crippen molar-refractivity contribution in [1.29, 1.82) is 0 Å². The van der Waals surface area contributed by atoms with E-state index in [2.05, 4.69) is 10.1 Å². The van der Waals surface area contributed by atoms with Crippen LogP contribution in [-0.2, 0) is 11.2 Å². The second-order valence-corrected chi connectivity index (χ2v) is 4.26. The molecule has 1 aromatic carbocycles. The summed E-state index contributed by atoms with van der Waals surface area (Å²) < 4.78 is 15.9. The fourth-order valence-electron chi connectivity index (χ4n) is 1.87. The van der Waals surface area contributed by atoms with Crippen molar-refractivity contribution >= 4 is 5.97 Å². The van der Waals surface area contributed by atoms with Gasteiger partial charge in [0.2, 0.25) is 11.7 Å². The topological polar surface area (TPSA) is 94.7 Å². The summed E-state index contributed by atoms with van der Waals surface area (Å²) in [6.45, 7) is 1.04. The summed E-state index contributed by atoms with van der Waals surface area (Å²) >= 11 is 0. The fraction of sp³-hybridized carbons (Fsp3) is 0.308. The number of carbonyl (C=O) groups is 1. The Morgan fingerprint density at radius 1 is 1.25 bits per heavy atom. The molecule has 1 N–H and O–H groups in total. The Labute approximate surface area is 114 Å². The van der Waals surface area contributed by atoms with Gasteiger partial charge in [-0.2, -0.15) is 4.98 Å². The van der Waals surface area contributed by atoms with Gasteiger partial charge in [-0.1, -0.05) is 5.16 Å². The van der Waals surface area contributed by atoms with Gasteiger partial charge in [0, 0.05) is 12.0 Å².